The molecule has 0 aliphatic carbocycles. The van der Waals surface area contributed by atoms with Crippen molar-refractivity contribution in [3.63, 3.8) is 0 Å². The Kier molecular flexibility index (Phi) is 4.16. The lowest BCUT2D eigenvalue weighted by atomic mass is 10.2. The van der Waals surface area contributed by atoms with E-state index in [2.05, 4.69) is 5.32 Å². The first-order valence-corrected chi connectivity index (χ1v) is 7.49. The predicted octanol–water partition coefficient (Wildman–Crippen LogP) is 2.10. The highest BCUT2D eigenvalue weighted by Crippen LogP contribution is 2.28. The number of rotatable bonds is 5. The highest BCUT2D eigenvalue weighted by Gasteiger charge is 2.16. The van der Waals surface area contributed by atoms with Crippen molar-refractivity contribution in [2.75, 3.05) is 5.32 Å². The van der Waals surface area contributed by atoms with E-state index < -0.39 is 14.9 Å². The van der Waals surface area contributed by atoms with Gasteiger partial charge in [-0.1, -0.05) is 11.6 Å². The molecular formula is C11H10ClN3O5S. The number of nitrogens with two attached hydrogens (primary N) is 1. The Morgan fingerprint density at radius 2 is 2.05 bits per heavy atom. The molecular weight excluding hydrogens is 322 g/mol. The fourth-order valence-corrected chi connectivity index (χ4v) is 2.24. The number of nitrogens with one attached hydrogen (secondary N) is 1. The van der Waals surface area contributed by atoms with Crippen LogP contribution in [0.4, 0.5) is 11.4 Å². The van der Waals surface area contributed by atoms with Gasteiger partial charge in [-0.25, -0.2) is 13.6 Å². The zero-order chi connectivity index (χ0) is 15.6. The van der Waals surface area contributed by atoms with Crippen molar-refractivity contribution in [3.8, 4) is 0 Å². The van der Waals surface area contributed by atoms with Gasteiger partial charge in [0, 0.05) is 11.1 Å². The Morgan fingerprint density at radius 1 is 1.33 bits per heavy atom. The molecule has 0 fully saturated rings. The van der Waals surface area contributed by atoms with E-state index in [4.69, 9.17) is 21.2 Å². The number of benzene rings is 1. The van der Waals surface area contributed by atoms with E-state index in [0.29, 0.717) is 0 Å². The molecule has 3 N–H and O–H groups in total. The van der Waals surface area contributed by atoms with Gasteiger partial charge in [0.25, 0.3) is 15.7 Å². The largest absolute Gasteiger partial charge is 0.446 e. The summed E-state index contributed by atoms with van der Waals surface area (Å²) in [6.45, 7) is 0.0536. The summed E-state index contributed by atoms with van der Waals surface area (Å²) in [5.74, 6) is 0.267. The van der Waals surface area contributed by atoms with E-state index in [1.165, 1.54) is 30.3 Å². The maximum Gasteiger partial charge on any atom is 0.293 e. The Bertz CT molecular complexity index is 787. The molecule has 0 aliphatic rings. The summed E-state index contributed by atoms with van der Waals surface area (Å²) in [6, 6.07) is 6.78. The molecule has 0 aliphatic heterocycles. The zero-order valence-electron chi connectivity index (χ0n) is 10.4. The summed E-state index contributed by atoms with van der Waals surface area (Å²) >= 11 is 5.70. The van der Waals surface area contributed by atoms with E-state index in [1.54, 1.807) is 0 Å². The van der Waals surface area contributed by atoms with Crippen molar-refractivity contribution in [1.29, 1.82) is 0 Å². The predicted molar refractivity (Wildman–Crippen MR) is 75.5 cm³/mol. The van der Waals surface area contributed by atoms with E-state index in [-0.39, 0.29) is 33.8 Å². The third kappa shape index (κ3) is 3.72. The smallest absolute Gasteiger partial charge is 0.293 e. The van der Waals surface area contributed by atoms with Gasteiger partial charge in [-0.05, 0) is 24.3 Å². The van der Waals surface area contributed by atoms with Crippen LogP contribution in [0.2, 0.25) is 5.02 Å². The lowest BCUT2D eigenvalue weighted by Crippen LogP contribution is -2.10. The number of sulfonamides is 1. The molecule has 0 saturated heterocycles. The Balaban J connectivity index is 2.17. The van der Waals surface area contributed by atoms with Gasteiger partial charge in [-0.2, -0.15) is 0 Å². The van der Waals surface area contributed by atoms with Crippen molar-refractivity contribution in [2.24, 2.45) is 5.14 Å². The van der Waals surface area contributed by atoms with Crippen molar-refractivity contribution in [3.05, 3.63) is 51.2 Å². The molecule has 0 unspecified atom stereocenters. The number of nitro benzene ring substituents is 1. The second-order valence-electron chi connectivity index (χ2n) is 4.04. The fraction of sp³-hybridized carbons (Fsp3) is 0.0909. The number of anilines is 1. The Hall–Kier alpha value is -2.10. The number of halogens is 1. The molecule has 21 heavy (non-hydrogen) atoms. The summed E-state index contributed by atoms with van der Waals surface area (Å²) in [7, 11) is -3.91. The molecule has 0 atom stereocenters. The summed E-state index contributed by atoms with van der Waals surface area (Å²) in [5.41, 5.74) is 0.0404. The molecule has 10 heteroatoms. The molecule has 1 aromatic heterocycles. The Morgan fingerprint density at radius 3 is 2.62 bits per heavy atom. The number of hydrogen-bond donors (Lipinski definition) is 2. The van der Waals surface area contributed by atoms with Crippen LogP contribution in [0.1, 0.15) is 5.76 Å². The van der Waals surface area contributed by atoms with Crippen LogP contribution in [0.3, 0.4) is 0 Å². The van der Waals surface area contributed by atoms with Crippen molar-refractivity contribution in [2.45, 2.75) is 11.6 Å². The van der Waals surface area contributed by atoms with Gasteiger partial charge in [0.05, 0.1) is 11.5 Å². The SMILES string of the molecule is NS(=O)(=O)c1ccc(CNc2ccc(Cl)cc2[N+](=O)[O-])o1. The van der Waals surface area contributed by atoms with E-state index in [0.717, 1.165) is 0 Å². The molecule has 112 valence electrons. The number of primary sulfonamides is 1. The van der Waals surface area contributed by atoms with Gasteiger partial charge >= 0.3 is 0 Å². The average Bonchev–Trinajstić information content (AvgIpc) is 2.85. The third-order valence-electron chi connectivity index (χ3n) is 2.53. The van der Waals surface area contributed by atoms with Crippen molar-refractivity contribution < 1.29 is 17.8 Å². The number of furan rings is 1. The first kappa shape index (κ1) is 15.3. The quantitative estimate of drug-likeness (QED) is 0.637. The molecule has 2 aromatic rings. The highest BCUT2D eigenvalue weighted by atomic mass is 35.5. The van der Waals surface area contributed by atoms with Crippen LogP contribution >= 0.6 is 11.6 Å². The topological polar surface area (TPSA) is 128 Å². The maximum atomic E-state index is 11.1. The number of hydrogen-bond acceptors (Lipinski definition) is 6. The summed E-state index contributed by atoms with van der Waals surface area (Å²) in [5, 5.41) is 18.5. The lowest BCUT2D eigenvalue weighted by Gasteiger charge is -2.05. The van der Waals surface area contributed by atoms with Crippen LogP contribution < -0.4 is 10.5 Å². The number of nitro groups is 1. The molecule has 8 nitrogen and oxygen atoms in total. The van der Waals surface area contributed by atoms with E-state index >= 15 is 0 Å². The van der Waals surface area contributed by atoms with Gasteiger partial charge in [-0.15, -0.1) is 0 Å². The molecule has 0 bridgehead atoms. The third-order valence-corrected chi connectivity index (χ3v) is 3.54. The van der Waals surface area contributed by atoms with Crippen molar-refractivity contribution >= 4 is 33.0 Å². The van der Waals surface area contributed by atoms with Crippen LogP contribution in [0, 0.1) is 10.1 Å². The highest BCUT2D eigenvalue weighted by molar-refractivity contribution is 7.89. The van der Waals surface area contributed by atoms with Gasteiger partial charge in [0.1, 0.15) is 11.4 Å². The minimum Gasteiger partial charge on any atom is -0.446 e. The fourth-order valence-electron chi connectivity index (χ4n) is 1.59. The molecule has 0 spiro atoms. The van der Waals surface area contributed by atoms with E-state index in [9.17, 15) is 18.5 Å². The van der Waals surface area contributed by atoms with Gasteiger partial charge in [0.2, 0.25) is 5.09 Å². The standard InChI is InChI=1S/C11H10ClN3O5S/c12-7-1-3-9(10(5-7)15(16)17)14-6-8-2-4-11(20-8)21(13,18)19/h1-5,14H,6H2,(H2,13,18,19). The van der Waals surface area contributed by atoms with Crippen LogP contribution in [0.15, 0.2) is 39.8 Å². The Labute approximate surface area is 124 Å². The van der Waals surface area contributed by atoms with Crippen LogP contribution in [-0.4, -0.2) is 13.3 Å². The summed E-state index contributed by atoms with van der Waals surface area (Å²) in [4.78, 5) is 10.3. The first-order valence-electron chi connectivity index (χ1n) is 5.56. The molecule has 2 rings (SSSR count). The zero-order valence-corrected chi connectivity index (χ0v) is 12.0. The van der Waals surface area contributed by atoms with Crippen LogP contribution in [0.25, 0.3) is 0 Å². The molecule has 1 aromatic carbocycles. The van der Waals surface area contributed by atoms with Crippen LogP contribution in [-0.2, 0) is 16.6 Å². The molecule has 1 heterocycles. The van der Waals surface area contributed by atoms with Crippen LogP contribution in [0.5, 0.6) is 0 Å². The average molecular weight is 332 g/mol. The monoisotopic (exact) mass is 331 g/mol. The first-order chi connectivity index (χ1) is 9.77. The normalized spacial score (nSPS) is 11.3. The minimum atomic E-state index is -3.91. The van der Waals surface area contributed by atoms with Gasteiger partial charge in [0.15, 0.2) is 0 Å². The van der Waals surface area contributed by atoms with Gasteiger partial charge in [-0.3, -0.25) is 10.1 Å². The van der Waals surface area contributed by atoms with Gasteiger partial charge < -0.3 is 9.73 Å². The van der Waals surface area contributed by atoms with E-state index in [1.807, 2.05) is 0 Å². The summed E-state index contributed by atoms with van der Waals surface area (Å²) < 4.78 is 27.1. The lowest BCUT2D eigenvalue weighted by molar-refractivity contribution is -0.383. The van der Waals surface area contributed by atoms with Crippen molar-refractivity contribution in [1.82, 2.24) is 0 Å². The molecule has 0 amide bonds. The maximum absolute atomic E-state index is 11.1. The number of nitrogens with zero attached hydrogens (tertiary/aromatic N) is 1. The molecule has 0 radical (unpaired) electrons. The second kappa shape index (κ2) is 5.72. The molecule has 0 saturated carbocycles. The minimum absolute atomic E-state index is 0.0536. The summed E-state index contributed by atoms with van der Waals surface area (Å²) in [6.07, 6.45) is 0. The second-order valence-corrected chi connectivity index (χ2v) is 5.97.